The van der Waals surface area contributed by atoms with Gasteiger partial charge in [0.25, 0.3) is 11.6 Å². The van der Waals surface area contributed by atoms with Gasteiger partial charge >= 0.3 is 0 Å². The molecule has 0 radical (unpaired) electrons. The third-order valence-corrected chi connectivity index (χ3v) is 5.13. The number of nitrogens with one attached hydrogen (secondary N) is 1. The van der Waals surface area contributed by atoms with E-state index in [1.165, 1.54) is 17.8 Å². The van der Waals surface area contributed by atoms with Crippen molar-refractivity contribution in [3.05, 3.63) is 63.7 Å². The van der Waals surface area contributed by atoms with Crippen LogP contribution in [0.15, 0.2) is 52.3 Å². The van der Waals surface area contributed by atoms with Crippen molar-refractivity contribution in [3.8, 4) is 0 Å². The Hall–Kier alpha value is -2.38. The number of hydrogen-bond acceptors (Lipinski definition) is 5. The molecule has 7 heteroatoms. The second-order valence-corrected chi connectivity index (χ2v) is 7.01. The molecule has 1 amide bonds. The molecule has 1 saturated heterocycles. The zero-order valence-corrected chi connectivity index (χ0v) is 14.7. The third kappa shape index (κ3) is 4.18. The molecule has 0 spiro atoms. The highest BCUT2D eigenvalue weighted by molar-refractivity contribution is 7.99. The average molecular weight is 357 g/mol. The van der Waals surface area contributed by atoms with Gasteiger partial charge in [-0.3, -0.25) is 14.9 Å². The van der Waals surface area contributed by atoms with E-state index in [1.54, 1.807) is 17.0 Å². The number of amides is 1. The SMILES string of the molecule is Cc1ccc(Sc2ccc(C(=O)N3CCNCC3)cc2[N+](=O)[O-])cc1. The van der Waals surface area contributed by atoms with E-state index in [0.29, 0.717) is 23.5 Å². The summed E-state index contributed by atoms with van der Waals surface area (Å²) in [5, 5.41) is 14.7. The van der Waals surface area contributed by atoms with Gasteiger partial charge in [0.2, 0.25) is 0 Å². The van der Waals surface area contributed by atoms with Crippen molar-refractivity contribution >= 4 is 23.4 Å². The predicted molar refractivity (Wildman–Crippen MR) is 97.2 cm³/mol. The normalized spacial score (nSPS) is 14.4. The van der Waals surface area contributed by atoms with Crippen LogP contribution in [0.5, 0.6) is 0 Å². The topological polar surface area (TPSA) is 75.5 Å². The Labute approximate surface area is 150 Å². The molecule has 1 N–H and O–H groups in total. The molecule has 1 aliphatic heterocycles. The van der Waals surface area contributed by atoms with Crippen molar-refractivity contribution < 1.29 is 9.72 Å². The molecule has 0 bridgehead atoms. The molecular formula is C18H19N3O3S. The lowest BCUT2D eigenvalue weighted by atomic mass is 10.1. The van der Waals surface area contributed by atoms with Crippen LogP contribution in [0, 0.1) is 17.0 Å². The van der Waals surface area contributed by atoms with Crippen LogP contribution in [0.4, 0.5) is 5.69 Å². The minimum absolute atomic E-state index is 0.0356. The third-order valence-electron chi connectivity index (χ3n) is 4.06. The number of aryl methyl sites for hydroxylation is 1. The number of carbonyl (C=O) groups is 1. The van der Waals surface area contributed by atoms with Gasteiger partial charge in [0.1, 0.15) is 0 Å². The lowest BCUT2D eigenvalue weighted by Crippen LogP contribution is -2.46. The summed E-state index contributed by atoms with van der Waals surface area (Å²) in [5.74, 6) is -0.156. The van der Waals surface area contributed by atoms with E-state index in [1.807, 2.05) is 31.2 Å². The summed E-state index contributed by atoms with van der Waals surface area (Å²) in [7, 11) is 0. The Balaban J connectivity index is 1.86. The van der Waals surface area contributed by atoms with Gasteiger partial charge < -0.3 is 10.2 Å². The number of benzene rings is 2. The van der Waals surface area contributed by atoms with Gasteiger partial charge in [-0.25, -0.2) is 0 Å². The summed E-state index contributed by atoms with van der Waals surface area (Å²) in [4.78, 5) is 26.8. The number of nitro groups is 1. The van der Waals surface area contributed by atoms with Crippen LogP contribution in [0.3, 0.4) is 0 Å². The monoisotopic (exact) mass is 357 g/mol. The molecule has 2 aromatic carbocycles. The Morgan fingerprint density at radius 1 is 1.16 bits per heavy atom. The van der Waals surface area contributed by atoms with Gasteiger partial charge in [0.05, 0.1) is 9.82 Å². The van der Waals surface area contributed by atoms with Gasteiger partial charge in [0.15, 0.2) is 0 Å². The van der Waals surface area contributed by atoms with Crippen molar-refractivity contribution in [2.24, 2.45) is 0 Å². The van der Waals surface area contributed by atoms with Gasteiger partial charge in [-0.15, -0.1) is 0 Å². The van der Waals surface area contributed by atoms with Gasteiger partial charge in [-0.2, -0.15) is 0 Å². The number of hydrogen-bond donors (Lipinski definition) is 1. The van der Waals surface area contributed by atoms with Crippen molar-refractivity contribution in [2.75, 3.05) is 26.2 Å². The highest BCUT2D eigenvalue weighted by Crippen LogP contribution is 2.35. The molecule has 2 aromatic rings. The smallest absolute Gasteiger partial charge is 0.284 e. The summed E-state index contributed by atoms with van der Waals surface area (Å²) < 4.78 is 0. The molecule has 1 heterocycles. The maximum absolute atomic E-state index is 12.6. The molecule has 25 heavy (non-hydrogen) atoms. The molecule has 3 rings (SSSR count). The summed E-state index contributed by atoms with van der Waals surface area (Å²) in [6, 6.07) is 12.5. The van der Waals surface area contributed by atoms with E-state index in [0.717, 1.165) is 23.5 Å². The standard InChI is InChI=1S/C18H19N3O3S/c1-13-2-5-15(6-3-13)25-17-7-4-14(12-16(17)21(23)24)18(22)20-10-8-19-9-11-20/h2-7,12,19H,8-11H2,1H3. The molecule has 0 atom stereocenters. The molecule has 130 valence electrons. The second-order valence-electron chi connectivity index (χ2n) is 5.90. The minimum atomic E-state index is -0.426. The van der Waals surface area contributed by atoms with Crippen molar-refractivity contribution in [1.82, 2.24) is 10.2 Å². The maximum Gasteiger partial charge on any atom is 0.284 e. The van der Waals surface area contributed by atoms with Crippen molar-refractivity contribution in [3.63, 3.8) is 0 Å². The molecule has 0 aliphatic carbocycles. The largest absolute Gasteiger partial charge is 0.336 e. The van der Waals surface area contributed by atoms with E-state index in [-0.39, 0.29) is 11.6 Å². The molecular weight excluding hydrogens is 338 g/mol. The van der Waals surface area contributed by atoms with Crippen LogP contribution < -0.4 is 5.32 Å². The number of rotatable bonds is 4. The fourth-order valence-corrected chi connectivity index (χ4v) is 3.56. The fraction of sp³-hybridized carbons (Fsp3) is 0.278. The van der Waals surface area contributed by atoms with Crippen LogP contribution in [-0.4, -0.2) is 41.9 Å². The quantitative estimate of drug-likeness (QED) is 0.672. The minimum Gasteiger partial charge on any atom is -0.336 e. The number of nitrogens with zero attached hydrogens (tertiary/aromatic N) is 2. The molecule has 1 aliphatic rings. The first kappa shape index (κ1) is 17.4. The van der Waals surface area contributed by atoms with E-state index >= 15 is 0 Å². The fourth-order valence-electron chi connectivity index (χ4n) is 2.66. The average Bonchev–Trinajstić information content (AvgIpc) is 2.64. The lowest BCUT2D eigenvalue weighted by molar-refractivity contribution is -0.387. The predicted octanol–water partition coefficient (Wildman–Crippen LogP) is 3.10. The number of nitro benzene ring substituents is 1. The van der Waals surface area contributed by atoms with Crippen molar-refractivity contribution in [1.29, 1.82) is 0 Å². The van der Waals surface area contributed by atoms with Crippen LogP contribution in [0.1, 0.15) is 15.9 Å². The summed E-state index contributed by atoms with van der Waals surface area (Å²) in [5.41, 5.74) is 1.46. The van der Waals surface area contributed by atoms with Gasteiger partial charge in [-0.1, -0.05) is 29.5 Å². The highest BCUT2D eigenvalue weighted by Gasteiger charge is 2.22. The first-order valence-electron chi connectivity index (χ1n) is 8.07. The number of piperazine rings is 1. The van der Waals surface area contributed by atoms with Crippen LogP contribution in [0.25, 0.3) is 0 Å². The van der Waals surface area contributed by atoms with Gasteiger partial charge in [0, 0.05) is 42.7 Å². The first-order valence-corrected chi connectivity index (χ1v) is 8.89. The van der Waals surface area contributed by atoms with E-state index in [9.17, 15) is 14.9 Å². The molecule has 6 nitrogen and oxygen atoms in total. The van der Waals surface area contributed by atoms with E-state index < -0.39 is 4.92 Å². The zero-order valence-electron chi connectivity index (χ0n) is 13.9. The molecule has 0 aromatic heterocycles. The van der Waals surface area contributed by atoms with E-state index in [4.69, 9.17) is 0 Å². The summed E-state index contributed by atoms with van der Waals surface area (Å²) in [6.07, 6.45) is 0. The Bertz CT molecular complexity index is 787. The van der Waals surface area contributed by atoms with Gasteiger partial charge in [-0.05, 0) is 31.2 Å². The molecule has 0 unspecified atom stereocenters. The molecule has 0 saturated carbocycles. The van der Waals surface area contributed by atoms with Crippen LogP contribution in [-0.2, 0) is 0 Å². The Morgan fingerprint density at radius 2 is 1.84 bits per heavy atom. The maximum atomic E-state index is 12.6. The Kier molecular flexibility index (Phi) is 5.35. The number of carbonyl (C=O) groups excluding carboxylic acids is 1. The second kappa shape index (κ2) is 7.67. The summed E-state index contributed by atoms with van der Waals surface area (Å²) in [6.45, 7) is 4.72. The Morgan fingerprint density at radius 3 is 2.48 bits per heavy atom. The van der Waals surface area contributed by atoms with Crippen LogP contribution in [0.2, 0.25) is 0 Å². The molecule has 1 fully saturated rings. The van der Waals surface area contributed by atoms with Crippen molar-refractivity contribution in [2.45, 2.75) is 16.7 Å². The first-order chi connectivity index (χ1) is 12.0. The zero-order chi connectivity index (χ0) is 17.8. The van der Waals surface area contributed by atoms with E-state index in [2.05, 4.69) is 5.32 Å². The lowest BCUT2D eigenvalue weighted by Gasteiger charge is -2.27. The highest BCUT2D eigenvalue weighted by atomic mass is 32.2. The van der Waals surface area contributed by atoms with Crippen LogP contribution >= 0.6 is 11.8 Å². The summed E-state index contributed by atoms with van der Waals surface area (Å²) >= 11 is 1.33.